The Morgan fingerprint density at radius 3 is 2.63 bits per heavy atom. The van der Waals surface area contributed by atoms with Crippen LogP contribution in [0.5, 0.6) is 0 Å². The molecule has 0 atom stereocenters. The van der Waals surface area contributed by atoms with Crippen molar-refractivity contribution in [1.29, 1.82) is 0 Å². The first-order chi connectivity index (χ1) is 22.4. The molecule has 1 aliphatic rings. The Kier molecular flexibility index (Phi) is 8.32. The summed E-state index contributed by atoms with van der Waals surface area (Å²) in [4.78, 5) is 19.6. The summed E-state index contributed by atoms with van der Waals surface area (Å²) >= 11 is 0. The van der Waals surface area contributed by atoms with Gasteiger partial charge in [0, 0.05) is 40.0 Å². The van der Waals surface area contributed by atoms with Crippen LogP contribution in [0.25, 0.3) is 55.6 Å². The summed E-state index contributed by atoms with van der Waals surface area (Å²) in [5, 5.41) is 13.1. The van der Waals surface area contributed by atoms with Crippen molar-refractivity contribution in [2.45, 2.75) is 46.0 Å². The fraction of sp³-hybridized carbons (Fsp3) is 0.297. The molecular weight excluding hydrogens is 575 g/mol. The van der Waals surface area contributed by atoms with Gasteiger partial charge in [-0.05, 0) is 99.1 Å². The lowest BCUT2D eigenvalue weighted by Gasteiger charge is -2.14. The molecule has 0 saturated carbocycles. The van der Waals surface area contributed by atoms with Crippen LogP contribution >= 0.6 is 0 Å². The molecule has 1 aromatic carbocycles. The summed E-state index contributed by atoms with van der Waals surface area (Å²) in [5.41, 5.74) is 9.54. The highest BCUT2D eigenvalue weighted by Gasteiger charge is 2.17. The molecule has 7 rings (SSSR count). The Morgan fingerprint density at radius 1 is 0.935 bits per heavy atom. The Labute approximate surface area is 268 Å². The molecule has 8 nitrogen and oxygen atoms in total. The van der Waals surface area contributed by atoms with Crippen LogP contribution in [0.1, 0.15) is 45.1 Å². The highest BCUT2D eigenvalue weighted by Crippen LogP contribution is 2.35. The van der Waals surface area contributed by atoms with Gasteiger partial charge in [0.1, 0.15) is 11.5 Å². The van der Waals surface area contributed by atoms with Crippen molar-refractivity contribution in [3.8, 4) is 33.8 Å². The molecule has 6 heterocycles. The van der Waals surface area contributed by atoms with Crippen molar-refractivity contribution in [3.05, 3.63) is 91.0 Å². The van der Waals surface area contributed by atoms with Crippen LogP contribution in [-0.2, 0) is 6.42 Å². The van der Waals surface area contributed by atoms with Gasteiger partial charge in [-0.25, -0.2) is 4.39 Å². The number of rotatable bonds is 11. The molecule has 1 fully saturated rings. The number of aryl methyl sites for hydroxylation is 1. The monoisotopic (exact) mass is 614 g/mol. The number of nitrogens with one attached hydrogen (secondary N) is 3. The van der Waals surface area contributed by atoms with E-state index in [0.29, 0.717) is 5.92 Å². The fourth-order valence-electron chi connectivity index (χ4n) is 6.55. The van der Waals surface area contributed by atoms with Crippen LogP contribution < -0.4 is 5.32 Å². The van der Waals surface area contributed by atoms with E-state index in [1.54, 1.807) is 30.7 Å². The molecule has 0 unspecified atom stereocenters. The summed E-state index contributed by atoms with van der Waals surface area (Å²) in [5.74, 6) is 0.287. The maximum absolute atomic E-state index is 14.9. The lowest BCUT2D eigenvalue weighted by molar-refractivity contribution is 0.334. The van der Waals surface area contributed by atoms with Crippen LogP contribution in [0.3, 0.4) is 0 Å². The van der Waals surface area contributed by atoms with Crippen molar-refractivity contribution in [2.75, 3.05) is 25.0 Å². The normalized spacial score (nSPS) is 13.7. The first-order valence-corrected chi connectivity index (χ1v) is 16.1. The van der Waals surface area contributed by atoms with Gasteiger partial charge in [-0.15, -0.1) is 0 Å². The Bertz CT molecular complexity index is 2020. The fourth-order valence-corrected chi connectivity index (χ4v) is 6.55. The molecule has 5 aromatic heterocycles. The number of benzene rings is 1. The molecule has 0 bridgehead atoms. The van der Waals surface area contributed by atoms with Crippen LogP contribution in [0.4, 0.5) is 10.1 Å². The summed E-state index contributed by atoms with van der Waals surface area (Å²) < 4.78 is 14.9. The highest BCUT2D eigenvalue weighted by atomic mass is 19.1. The highest BCUT2D eigenvalue weighted by molar-refractivity contribution is 6.01. The second-order valence-electron chi connectivity index (χ2n) is 12.8. The van der Waals surface area contributed by atoms with E-state index in [1.807, 2.05) is 24.5 Å². The minimum absolute atomic E-state index is 0.224. The average molecular weight is 615 g/mol. The van der Waals surface area contributed by atoms with Crippen molar-refractivity contribution >= 4 is 27.5 Å². The number of H-pyrrole nitrogens is 2. The number of halogens is 1. The number of allylic oxidation sites excluding steroid dienone is 1. The third-order valence-electron chi connectivity index (χ3n) is 8.66. The lowest BCUT2D eigenvalue weighted by Crippen LogP contribution is -2.20. The topological polar surface area (TPSA) is 98.4 Å². The van der Waals surface area contributed by atoms with E-state index in [-0.39, 0.29) is 5.82 Å². The van der Waals surface area contributed by atoms with Gasteiger partial charge in [-0.3, -0.25) is 20.1 Å². The van der Waals surface area contributed by atoms with E-state index >= 15 is 0 Å². The van der Waals surface area contributed by atoms with Gasteiger partial charge in [0.05, 0.1) is 46.7 Å². The number of nitrogens with zero attached hydrogens (tertiary/aromatic N) is 5. The molecule has 0 radical (unpaired) electrons. The second-order valence-corrected chi connectivity index (χ2v) is 12.8. The van der Waals surface area contributed by atoms with Gasteiger partial charge in [-0.1, -0.05) is 26.5 Å². The summed E-state index contributed by atoms with van der Waals surface area (Å²) in [7, 11) is 0. The number of anilines is 1. The molecule has 234 valence electrons. The number of hydrogen-bond acceptors (Lipinski definition) is 6. The number of fused-ring (bicyclic) bond motifs is 2. The van der Waals surface area contributed by atoms with E-state index in [1.165, 1.54) is 25.9 Å². The van der Waals surface area contributed by atoms with Crippen molar-refractivity contribution in [1.82, 2.24) is 35.0 Å². The van der Waals surface area contributed by atoms with Crippen LogP contribution in [0.2, 0.25) is 0 Å². The smallest absolute Gasteiger partial charge is 0.124 e. The quantitative estimate of drug-likeness (QED) is 0.136. The van der Waals surface area contributed by atoms with E-state index < -0.39 is 0 Å². The molecule has 0 spiro atoms. The number of likely N-dealkylation sites (tertiary alicyclic amines) is 1. The zero-order valence-electron chi connectivity index (χ0n) is 26.4. The van der Waals surface area contributed by atoms with Crippen molar-refractivity contribution in [2.24, 2.45) is 5.92 Å². The zero-order chi connectivity index (χ0) is 31.6. The molecule has 9 heteroatoms. The molecule has 46 heavy (non-hydrogen) atoms. The van der Waals surface area contributed by atoms with Gasteiger partial charge in [0.15, 0.2) is 0 Å². The molecule has 1 saturated heterocycles. The van der Waals surface area contributed by atoms with Gasteiger partial charge >= 0.3 is 0 Å². The van der Waals surface area contributed by atoms with Gasteiger partial charge in [-0.2, -0.15) is 5.10 Å². The minimum atomic E-state index is -0.224. The van der Waals surface area contributed by atoms with E-state index in [0.717, 1.165) is 98.3 Å². The first kappa shape index (κ1) is 29.8. The van der Waals surface area contributed by atoms with E-state index in [2.05, 4.69) is 72.9 Å². The van der Waals surface area contributed by atoms with Gasteiger partial charge < -0.3 is 15.2 Å². The maximum Gasteiger partial charge on any atom is 0.124 e. The summed E-state index contributed by atoms with van der Waals surface area (Å²) in [6, 6.07) is 11.5. The maximum atomic E-state index is 14.9. The predicted octanol–water partition coefficient (Wildman–Crippen LogP) is 8.37. The van der Waals surface area contributed by atoms with E-state index in [4.69, 9.17) is 0 Å². The van der Waals surface area contributed by atoms with E-state index in [9.17, 15) is 4.39 Å². The molecule has 6 aromatic rings. The molecule has 0 aliphatic carbocycles. The Morgan fingerprint density at radius 2 is 1.78 bits per heavy atom. The second kappa shape index (κ2) is 12.8. The largest absolute Gasteiger partial charge is 0.358 e. The molecule has 3 N–H and O–H groups in total. The first-order valence-electron chi connectivity index (χ1n) is 16.1. The number of aromatic nitrogens is 6. The summed E-state index contributed by atoms with van der Waals surface area (Å²) in [6.45, 7) is 11.9. The predicted molar refractivity (Wildman–Crippen MR) is 184 cm³/mol. The molecule has 1 aliphatic heterocycles. The van der Waals surface area contributed by atoms with Crippen LogP contribution in [0, 0.1) is 11.7 Å². The number of pyridine rings is 3. The lowest BCUT2D eigenvalue weighted by atomic mass is 9.99. The average Bonchev–Trinajstić information content (AvgIpc) is 3.80. The Hall–Kier alpha value is -4.89. The summed E-state index contributed by atoms with van der Waals surface area (Å²) in [6.07, 6.45) is 14.3. The standard InChI is InChI=1S/C37H39FN8/c1-23(2)11-24(3)42-29-15-27(18-39-19-29)33-17-31-36(22-41-33)44-45-37(31)34-16-30-32(20-40-21-35(30)43-34)26-12-25(13-28(38)14-26)7-6-10-46-8-4-5-9-46/h12-23,42-43H,3-11H2,1-2H3,(H,44,45). The van der Waals surface area contributed by atoms with Gasteiger partial charge in [0.2, 0.25) is 0 Å². The molecule has 0 amide bonds. The third-order valence-corrected chi connectivity index (χ3v) is 8.66. The minimum Gasteiger partial charge on any atom is -0.358 e. The zero-order valence-corrected chi connectivity index (χ0v) is 26.4. The van der Waals surface area contributed by atoms with Crippen molar-refractivity contribution in [3.63, 3.8) is 0 Å². The third kappa shape index (κ3) is 6.41. The SMILES string of the molecule is C=C(CC(C)C)Nc1cncc(-c2cc3c(-c4cc5c(-c6cc(F)cc(CCCN7CCCC7)c6)cncc5[nH]4)n[nH]c3cn2)c1. The van der Waals surface area contributed by atoms with Gasteiger partial charge in [0.25, 0.3) is 0 Å². The van der Waals surface area contributed by atoms with Crippen LogP contribution in [-0.4, -0.2) is 54.7 Å². The number of aromatic amines is 2. The number of hydrogen-bond donors (Lipinski definition) is 3. The van der Waals surface area contributed by atoms with Crippen molar-refractivity contribution < 1.29 is 4.39 Å². The molecular formula is C37H39FN8. The van der Waals surface area contributed by atoms with Crippen LogP contribution in [0.15, 0.2) is 79.7 Å². The Balaban J connectivity index is 1.18.